The topological polar surface area (TPSA) is 108 Å². The van der Waals surface area contributed by atoms with Gasteiger partial charge in [-0.3, -0.25) is 19.3 Å². The SMILES string of the molecule is O=C(Nc1cn[nH]n1)C(Cc1ccccc1)N1C(=O)c2ccccc2C1=O. The van der Waals surface area contributed by atoms with Crippen LogP contribution in [0.5, 0.6) is 0 Å². The third kappa shape index (κ3) is 3.08. The molecule has 0 radical (unpaired) electrons. The largest absolute Gasteiger partial charge is 0.306 e. The summed E-state index contributed by atoms with van der Waals surface area (Å²) in [5, 5.41) is 12.4. The number of nitrogens with zero attached hydrogens (tertiary/aromatic N) is 3. The maximum atomic E-state index is 12.9. The molecule has 8 heteroatoms. The monoisotopic (exact) mass is 361 g/mol. The molecule has 3 aromatic rings. The van der Waals surface area contributed by atoms with Gasteiger partial charge in [0, 0.05) is 6.42 Å². The van der Waals surface area contributed by atoms with Gasteiger partial charge in [-0.1, -0.05) is 42.5 Å². The number of aromatic nitrogens is 3. The van der Waals surface area contributed by atoms with E-state index in [2.05, 4.69) is 20.7 Å². The summed E-state index contributed by atoms with van der Waals surface area (Å²) < 4.78 is 0. The van der Waals surface area contributed by atoms with Crippen molar-refractivity contribution in [1.29, 1.82) is 0 Å². The van der Waals surface area contributed by atoms with Crippen LogP contribution in [0.1, 0.15) is 26.3 Å². The van der Waals surface area contributed by atoms with Crippen molar-refractivity contribution < 1.29 is 14.4 Å². The quantitative estimate of drug-likeness (QED) is 0.672. The predicted molar refractivity (Wildman–Crippen MR) is 95.9 cm³/mol. The summed E-state index contributed by atoms with van der Waals surface area (Å²) in [7, 11) is 0. The number of carbonyl (C=O) groups is 3. The number of hydrogen-bond donors (Lipinski definition) is 2. The number of fused-ring (bicyclic) bond motifs is 1. The maximum Gasteiger partial charge on any atom is 0.262 e. The fraction of sp³-hybridized carbons (Fsp3) is 0.105. The molecule has 1 aliphatic heterocycles. The average Bonchev–Trinajstić information content (AvgIpc) is 3.28. The maximum absolute atomic E-state index is 12.9. The van der Waals surface area contributed by atoms with Gasteiger partial charge < -0.3 is 5.32 Å². The number of hydrogen-bond acceptors (Lipinski definition) is 5. The minimum atomic E-state index is -1.02. The molecule has 1 aromatic heterocycles. The number of carbonyl (C=O) groups excluding carboxylic acids is 3. The van der Waals surface area contributed by atoms with Crippen molar-refractivity contribution in [3.8, 4) is 0 Å². The number of nitrogens with one attached hydrogen (secondary N) is 2. The molecule has 2 N–H and O–H groups in total. The second kappa shape index (κ2) is 6.83. The summed E-state index contributed by atoms with van der Waals surface area (Å²) in [6.07, 6.45) is 1.54. The fourth-order valence-electron chi connectivity index (χ4n) is 3.10. The van der Waals surface area contributed by atoms with Gasteiger partial charge in [-0.25, -0.2) is 0 Å². The van der Waals surface area contributed by atoms with E-state index >= 15 is 0 Å². The summed E-state index contributed by atoms with van der Waals surface area (Å²) in [5.74, 6) is -1.25. The lowest BCUT2D eigenvalue weighted by Crippen LogP contribution is -2.48. The molecule has 0 fully saturated rings. The molecule has 0 spiro atoms. The smallest absolute Gasteiger partial charge is 0.262 e. The number of amides is 3. The zero-order chi connectivity index (χ0) is 18.8. The lowest BCUT2D eigenvalue weighted by Gasteiger charge is -2.25. The Morgan fingerprint density at radius 1 is 1.00 bits per heavy atom. The lowest BCUT2D eigenvalue weighted by atomic mass is 10.0. The van der Waals surface area contributed by atoms with Crippen molar-refractivity contribution in [2.75, 3.05) is 5.32 Å². The first-order chi connectivity index (χ1) is 13.1. The van der Waals surface area contributed by atoms with Gasteiger partial charge in [0.1, 0.15) is 6.04 Å². The minimum Gasteiger partial charge on any atom is -0.306 e. The highest BCUT2D eigenvalue weighted by molar-refractivity contribution is 6.23. The van der Waals surface area contributed by atoms with Crippen LogP contribution in [0, 0.1) is 0 Å². The van der Waals surface area contributed by atoms with Crippen LogP contribution in [0.25, 0.3) is 0 Å². The third-order valence-corrected chi connectivity index (χ3v) is 4.38. The van der Waals surface area contributed by atoms with E-state index in [0.717, 1.165) is 10.5 Å². The van der Waals surface area contributed by atoms with E-state index in [0.29, 0.717) is 11.1 Å². The molecule has 3 amide bonds. The summed E-state index contributed by atoms with van der Waals surface area (Å²) >= 11 is 0. The highest BCUT2D eigenvalue weighted by Gasteiger charge is 2.42. The van der Waals surface area contributed by atoms with Crippen LogP contribution in [0.15, 0.2) is 60.8 Å². The molecule has 1 atom stereocenters. The molecular formula is C19H15N5O3. The van der Waals surface area contributed by atoms with Gasteiger partial charge in [0.05, 0.1) is 17.3 Å². The first kappa shape index (κ1) is 16.6. The predicted octanol–water partition coefficient (Wildman–Crippen LogP) is 1.65. The molecule has 8 nitrogen and oxygen atoms in total. The molecule has 2 aromatic carbocycles. The van der Waals surface area contributed by atoms with E-state index in [9.17, 15) is 14.4 Å². The van der Waals surface area contributed by atoms with Crippen molar-refractivity contribution in [2.45, 2.75) is 12.5 Å². The van der Waals surface area contributed by atoms with Crippen LogP contribution in [-0.4, -0.2) is 44.1 Å². The normalized spacial score (nSPS) is 14.1. The second-order valence-electron chi connectivity index (χ2n) is 6.08. The summed E-state index contributed by atoms with van der Waals surface area (Å²) in [4.78, 5) is 39.6. The van der Waals surface area contributed by atoms with Crippen LogP contribution in [-0.2, 0) is 11.2 Å². The Kier molecular flexibility index (Phi) is 4.21. The van der Waals surface area contributed by atoms with Crippen LogP contribution < -0.4 is 5.32 Å². The van der Waals surface area contributed by atoms with Gasteiger partial charge in [-0.15, -0.1) is 5.10 Å². The highest BCUT2D eigenvalue weighted by atomic mass is 16.2. The molecule has 0 bridgehead atoms. The van der Waals surface area contributed by atoms with Crippen molar-refractivity contribution in [1.82, 2.24) is 20.3 Å². The van der Waals surface area contributed by atoms with E-state index in [-0.39, 0.29) is 12.2 Å². The van der Waals surface area contributed by atoms with Crippen molar-refractivity contribution in [2.24, 2.45) is 0 Å². The molecular weight excluding hydrogens is 346 g/mol. The molecule has 2 heterocycles. The van der Waals surface area contributed by atoms with Crippen LogP contribution in [0.4, 0.5) is 5.82 Å². The number of rotatable bonds is 5. The Morgan fingerprint density at radius 3 is 2.22 bits per heavy atom. The minimum absolute atomic E-state index is 0.190. The number of imide groups is 1. The standard InChI is InChI=1S/C19H15N5O3/c25-17(21-16-11-20-23-22-16)15(10-12-6-2-1-3-7-12)24-18(26)13-8-4-5-9-14(13)19(24)27/h1-9,11,15H,10H2,(H2,20,21,22,23,25). The molecule has 27 heavy (non-hydrogen) atoms. The van der Waals surface area contributed by atoms with E-state index in [1.165, 1.54) is 6.20 Å². The summed E-state index contributed by atoms with van der Waals surface area (Å²) in [6, 6.07) is 14.8. The van der Waals surface area contributed by atoms with E-state index in [4.69, 9.17) is 0 Å². The van der Waals surface area contributed by atoms with Crippen LogP contribution in [0.2, 0.25) is 0 Å². The Morgan fingerprint density at radius 2 is 1.63 bits per heavy atom. The van der Waals surface area contributed by atoms with Gasteiger partial charge in [-0.05, 0) is 17.7 Å². The molecule has 1 unspecified atom stereocenters. The molecule has 134 valence electrons. The molecule has 1 aliphatic rings. The Bertz CT molecular complexity index is 966. The number of benzene rings is 2. The highest BCUT2D eigenvalue weighted by Crippen LogP contribution is 2.26. The summed E-state index contributed by atoms with van der Waals surface area (Å²) in [5.41, 5.74) is 1.43. The third-order valence-electron chi connectivity index (χ3n) is 4.38. The van der Waals surface area contributed by atoms with E-state index < -0.39 is 23.8 Å². The van der Waals surface area contributed by atoms with E-state index in [1.54, 1.807) is 24.3 Å². The number of aromatic amines is 1. The van der Waals surface area contributed by atoms with Crippen molar-refractivity contribution in [3.63, 3.8) is 0 Å². The number of H-pyrrole nitrogens is 1. The van der Waals surface area contributed by atoms with Crippen molar-refractivity contribution >= 4 is 23.5 Å². The fourth-order valence-corrected chi connectivity index (χ4v) is 3.10. The van der Waals surface area contributed by atoms with Gasteiger partial charge >= 0.3 is 0 Å². The van der Waals surface area contributed by atoms with Gasteiger partial charge in [-0.2, -0.15) is 10.3 Å². The average molecular weight is 361 g/mol. The molecule has 0 saturated heterocycles. The molecule has 4 rings (SSSR count). The van der Waals surface area contributed by atoms with Gasteiger partial charge in [0.25, 0.3) is 11.8 Å². The summed E-state index contributed by atoms with van der Waals surface area (Å²) in [6.45, 7) is 0. The van der Waals surface area contributed by atoms with Crippen LogP contribution in [0.3, 0.4) is 0 Å². The first-order valence-electron chi connectivity index (χ1n) is 8.32. The number of anilines is 1. The Hall–Kier alpha value is -3.81. The van der Waals surface area contributed by atoms with E-state index in [1.807, 2.05) is 30.3 Å². The molecule has 0 aliphatic carbocycles. The van der Waals surface area contributed by atoms with Gasteiger partial charge in [0.2, 0.25) is 5.91 Å². The second-order valence-corrected chi connectivity index (χ2v) is 6.08. The Labute approximate surface area is 154 Å². The Balaban J connectivity index is 1.68. The zero-order valence-corrected chi connectivity index (χ0v) is 14.1. The lowest BCUT2D eigenvalue weighted by molar-refractivity contribution is -0.120. The van der Waals surface area contributed by atoms with Crippen molar-refractivity contribution in [3.05, 3.63) is 77.5 Å². The molecule has 0 saturated carbocycles. The van der Waals surface area contributed by atoms with Crippen LogP contribution >= 0.6 is 0 Å². The zero-order valence-electron chi connectivity index (χ0n) is 14.1. The van der Waals surface area contributed by atoms with Gasteiger partial charge in [0.15, 0.2) is 5.82 Å². The first-order valence-corrected chi connectivity index (χ1v) is 8.32.